The molecular formula is C14H22N4O3. The van der Waals surface area contributed by atoms with E-state index in [1.165, 1.54) is 4.68 Å². The Hall–Kier alpha value is -2.05. The van der Waals surface area contributed by atoms with Crippen LogP contribution in [0.2, 0.25) is 0 Å². The molecular weight excluding hydrogens is 272 g/mol. The number of hydrogen-bond donors (Lipinski definition) is 1. The van der Waals surface area contributed by atoms with Crippen LogP contribution in [0.5, 0.6) is 0 Å². The van der Waals surface area contributed by atoms with E-state index in [0.29, 0.717) is 36.6 Å². The second-order valence-electron chi connectivity index (χ2n) is 5.23. The zero-order chi connectivity index (χ0) is 15.6. The average Bonchev–Trinajstić information content (AvgIpc) is 2.72. The number of nitrogens with two attached hydrogens (primary N) is 1. The molecule has 1 aromatic rings. The number of carbonyl (C=O) groups is 2. The minimum atomic E-state index is -0.527. The fourth-order valence-corrected chi connectivity index (χ4v) is 2.72. The summed E-state index contributed by atoms with van der Waals surface area (Å²) in [7, 11) is 1.68. The molecule has 1 unspecified atom stereocenters. The van der Waals surface area contributed by atoms with Crippen molar-refractivity contribution in [2.75, 3.05) is 18.9 Å². The summed E-state index contributed by atoms with van der Waals surface area (Å²) in [6, 6.07) is -0.527. The van der Waals surface area contributed by atoms with Gasteiger partial charge >= 0.3 is 5.97 Å². The molecule has 1 aromatic heterocycles. The first-order valence-corrected chi connectivity index (χ1v) is 7.24. The molecule has 1 atom stereocenters. The molecule has 1 saturated heterocycles. The smallest absolute Gasteiger partial charge is 0.328 e. The van der Waals surface area contributed by atoms with Crippen molar-refractivity contribution in [2.24, 2.45) is 7.05 Å². The van der Waals surface area contributed by atoms with Crippen LogP contribution in [0.25, 0.3) is 0 Å². The van der Waals surface area contributed by atoms with Crippen LogP contribution in [0.4, 0.5) is 5.69 Å². The van der Waals surface area contributed by atoms with E-state index in [0.717, 1.165) is 12.8 Å². The number of esters is 1. The third-order valence-electron chi connectivity index (χ3n) is 3.79. The number of carbonyl (C=O) groups excluding carboxylic acids is 2. The number of aryl methyl sites for hydroxylation is 2. The summed E-state index contributed by atoms with van der Waals surface area (Å²) in [6.45, 7) is 4.36. The van der Waals surface area contributed by atoms with Crippen molar-refractivity contribution in [3.8, 4) is 0 Å². The van der Waals surface area contributed by atoms with Crippen LogP contribution in [-0.2, 0) is 16.6 Å². The predicted molar refractivity (Wildman–Crippen MR) is 77.7 cm³/mol. The van der Waals surface area contributed by atoms with Crippen molar-refractivity contribution >= 4 is 17.6 Å². The summed E-state index contributed by atoms with van der Waals surface area (Å²) in [5, 5.41) is 4.16. The molecule has 1 aliphatic rings. The van der Waals surface area contributed by atoms with Crippen LogP contribution in [0.1, 0.15) is 42.4 Å². The number of piperidine rings is 1. The third kappa shape index (κ3) is 2.86. The number of likely N-dealkylation sites (tertiary alicyclic amines) is 1. The molecule has 0 radical (unpaired) electrons. The van der Waals surface area contributed by atoms with E-state index in [2.05, 4.69) is 5.10 Å². The topological polar surface area (TPSA) is 90.4 Å². The molecule has 21 heavy (non-hydrogen) atoms. The van der Waals surface area contributed by atoms with Gasteiger partial charge in [-0.25, -0.2) is 4.79 Å². The first-order chi connectivity index (χ1) is 9.97. The second kappa shape index (κ2) is 6.15. The summed E-state index contributed by atoms with van der Waals surface area (Å²) in [5.74, 6) is -0.601. The first-order valence-electron chi connectivity index (χ1n) is 7.24. The Morgan fingerprint density at radius 1 is 1.43 bits per heavy atom. The standard InChI is InChI=1S/C14H22N4O3/c1-4-21-14(20)10-7-5-6-8-18(10)13(19)12-11(15)9(2)16-17(12)3/h10H,4-8,15H2,1-3H3. The van der Waals surface area contributed by atoms with Gasteiger partial charge in [-0.05, 0) is 33.1 Å². The number of rotatable bonds is 3. The molecule has 2 heterocycles. The summed E-state index contributed by atoms with van der Waals surface area (Å²) in [4.78, 5) is 26.4. The molecule has 1 amide bonds. The largest absolute Gasteiger partial charge is 0.464 e. The number of anilines is 1. The molecule has 2 N–H and O–H groups in total. The monoisotopic (exact) mass is 294 g/mol. The highest BCUT2D eigenvalue weighted by Gasteiger charge is 2.35. The maximum Gasteiger partial charge on any atom is 0.328 e. The van der Waals surface area contributed by atoms with Gasteiger partial charge < -0.3 is 15.4 Å². The molecule has 0 aromatic carbocycles. The van der Waals surface area contributed by atoms with Crippen LogP contribution in [-0.4, -0.2) is 45.8 Å². The molecule has 1 aliphatic heterocycles. The Balaban J connectivity index is 2.28. The number of ether oxygens (including phenoxy) is 1. The van der Waals surface area contributed by atoms with E-state index in [-0.39, 0.29) is 11.9 Å². The molecule has 2 rings (SSSR count). The molecule has 0 saturated carbocycles. The third-order valence-corrected chi connectivity index (χ3v) is 3.79. The highest BCUT2D eigenvalue weighted by atomic mass is 16.5. The van der Waals surface area contributed by atoms with Crippen molar-refractivity contribution in [3.05, 3.63) is 11.4 Å². The second-order valence-corrected chi connectivity index (χ2v) is 5.23. The van der Waals surface area contributed by atoms with Crippen molar-refractivity contribution < 1.29 is 14.3 Å². The van der Waals surface area contributed by atoms with Crippen molar-refractivity contribution in [1.29, 1.82) is 0 Å². The molecule has 0 spiro atoms. The van der Waals surface area contributed by atoms with E-state index in [1.54, 1.807) is 25.8 Å². The Morgan fingerprint density at radius 3 is 2.71 bits per heavy atom. The van der Waals surface area contributed by atoms with Crippen LogP contribution in [0, 0.1) is 6.92 Å². The SMILES string of the molecule is CCOC(=O)C1CCCCN1C(=O)c1c(N)c(C)nn1C. The number of amides is 1. The Bertz CT molecular complexity index is 553. The van der Waals surface area contributed by atoms with E-state index < -0.39 is 6.04 Å². The van der Waals surface area contributed by atoms with Gasteiger partial charge in [-0.15, -0.1) is 0 Å². The van der Waals surface area contributed by atoms with Crippen LogP contribution >= 0.6 is 0 Å². The van der Waals surface area contributed by atoms with Crippen LogP contribution < -0.4 is 5.73 Å². The van der Waals surface area contributed by atoms with Gasteiger partial charge in [-0.3, -0.25) is 9.48 Å². The molecule has 0 bridgehead atoms. The maximum atomic E-state index is 12.8. The van der Waals surface area contributed by atoms with Crippen molar-refractivity contribution in [3.63, 3.8) is 0 Å². The summed E-state index contributed by atoms with van der Waals surface area (Å²) in [5.41, 5.74) is 7.27. The van der Waals surface area contributed by atoms with Gasteiger partial charge in [-0.2, -0.15) is 5.10 Å². The lowest BCUT2D eigenvalue weighted by Crippen LogP contribution is -2.49. The van der Waals surface area contributed by atoms with Crippen LogP contribution in [0.3, 0.4) is 0 Å². The normalized spacial score (nSPS) is 18.6. The lowest BCUT2D eigenvalue weighted by Gasteiger charge is -2.34. The average molecular weight is 294 g/mol. The van der Waals surface area contributed by atoms with Gasteiger partial charge in [-0.1, -0.05) is 0 Å². The lowest BCUT2D eigenvalue weighted by molar-refractivity contribution is -0.149. The fourth-order valence-electron chi connectivity index (χ4n) is 2.72. The fraction of sp³-hybridized carbons (Fsp3) is 0.643. The van der Waals surface area contributed by atoms with Gasteiger partial charge in [0.05, 0.1) is 18.0 Å². The maximum absolute atomic E-state index is 12.8. The zero-order valence-electron chi connectivity index (χ0n) is 12.8. The van der Waals surface area contributed by atoms with Crippen molar-refractivity contribution in [1.82, 2.24) is 14.7 Å². The van der Waals surface area contributed by atoms with Gasteiger partial charge in [0.1, 0.15) is 11.7 Å². The summed E-state index contributed by atoms with van der Waals surface area (Å²) < 4.78 is 6.55. The molecule has 7 nitrogen and oxygen atoms in total. The van der Waals surface area contributed by atoms with E-state index in [9.17, 15) is 9.59 Å². The summed E-state index contributed by atoms with van der Waals surface area (Å²) in [6.07, 6.45) is 2.41. The highest BCUT2D eigenvalue weighted by Crippen LogP contribution is 2.24. The van der Waals surface area contributed by atoms with Gasteiger partial charge in [0, 0.05) is 13.6 Å². The Morgan fingerprint density at radius 2 is 2.14 bits per heavy atom. The zero-order valence-corrected chi connectivity index (χ0v) is 12.8. The predicted octanol–water partition coefficient (Wildman–Crippen LogP) is 0.869. The minimum absolute atomic E-state index is 0.256. The number of aromatic nitrogens is 2. The molecule has 116 valence electrons. The van der Waals surface area contributed by atoms with Crippen molar-refractivity contribution in [2.45, 2.75) is 39.2 Å². The molecule has 1 fully saturated rings. The minimum Gasteiger partial charge on any atom is -0.464 e. The number of nitrogens with zero attached hydrogens (tertiary/aromatic N) is 3. The van der Waals surface area contributed by atoms with E-state index in [1.807, 2.05) is 0 Å². The summed E-state index contributed by atoms with van der Waals surface area (Å²) >= 11 is 0. The van der Waals surface area contributed by atoms with Gasteiger partial charge in [0.2, 0.25) is 0 Å². The van der Waals surface area contributed by atoms with Gasteiger partial charge in [0.25, 0.3) is 5.91 Å². The van der Waals surface area contributed by atoms with Gasteiger partial charge in [0.15, 0.2) is 0 Å². The Kier molecular flexibility index (Phi) is 4.50. The highest BCUT2D eigenvalue weighted by molar-refractivity contribution is 6.00. The van der Waals surface area contributed by atoms with E-state index >= 15 is 0 Å². The Labute approximate surface area is 124 Å². The number of hydrogen-bond acceptors (Lipinski definition) is 5. The number of nitrogen functional groups attached to an aromatic ring is 1. The lowest BCUT2D eigenvalue weighted by atomic mass is 10.0. The molecule has 7 heteroatoms. The quantitative estimate of drug-likeness (QED) is 0.835. The first kappa shape index (κ1) is 15.3. The van der Waals surface area contributed by atoms with Crippen LogP contribution in [0.15, 0.2) is 0 Å². The molecule has 0 aliphatic carbocycles. The van der Waals surface area contributed by atoms with E-state index in [4.69, 9.17) is 10.5 Å².